The van der Waals surface area contributed by atoms with Crippen LogP contribution in [0.4, 0.5) is 26.4 Å². The van der Waals surface area contributed by atoms with Gasteiger partial charge in [0.05, 0.1) is 34.8 Å². The van der Waals surface area contributed by atoms with E-state index in [1.165, 1.54) is 30.9 Å². The highest BCUT2D eigenvalue weighted by Gasteiger charge is 2.42. The van der Waals surface area contributed by atoms with E-state index in [4.69, 9.17) is 9.47 Å². The molecular formula is C42H47FN8O6. The zero-order valence-corrected chi connectivity index (χ0v) is 33.4. The van der Waals surface area contributed by atoms with Crippen LogP contribution in [0.25, 0.3) is 27.7 Å². The summed E-state index contributed by atoms with van der Waals surface area (Å²) in [6, 6.07) is 13.7. The van der Waals surface area contributed by atoms with Crippen LogP contribution in [0, 0.1) is 5.82 Å². The lowest BCUT2D eigenvalue weighted by Crippen LogP contribution is -2.56. The Balaban J connectivity index is 1.19. The van der Waals surface area contributed by atoms with Gasteiger partial charge in [-0.2, -0.15) is 14.9 Å². The SMILES string of the molecule is CC(=O)OCc1c(-c2cc(Nc3ccc(N4C5CCC4CN(C(=O)OC(C)(C)C)C5)cn3)c(=O)n(C)n2)cccc1-n1ncc2cc(C(C)(C)C)cc(F)c2c1=O. The number of pyridine rings is 1. The van der Waals surface area contributed by atoms with Crippen molar-refractivity contribution < 1.29 is 23.5 Å². The number of halogens is 1. The minimum Gasteiger partial charge on any atom is -0.461 e. The molecule has 2 atom stereocenters. The lowest BCUT2D eigenvalue weighted by molar-refractivity contribution is -0.142. The van der Waals surface area contributed by atoms with E-state index in [-0.39, 0.29) is 47.0 Å². The van der Waals surface area contributed by atoms with Gasteiger partial charge in [0.25, 0.3) is 11.1 Å². The first-order valence-electron chi connectivity index (χ1n) is 18.9. The standard InChI is InChI=1S/C42H47FN8O6/c1-24(52)56-23-31-30(10-9-11-35(31)51-39(54)37-25(19-45-51)16-26(17-32(37)43)41(2,3)4)33-18-34(38(53)48(8)47-33)46-36-15-14-27(20-44-36)50-28-12-13-29(50)22-49(21-28)40(55)57-42(5,6)7/h9-11,14-20,28-29H,12-13,21-23H2,1-8H3,(H,44,46). The van der Waals surface area contributed by atoms with Gasteiger partial charge in [-0.15, -0.1) is 0 Å². The molecule has 2 fully saturated rings. The van der Waals surface area contributed by atoms with Crippen molar-refractivity contribution in [3.05, 3.63) is 98.6 Å². The van der Waals surface area contributed by atoms with Crippen LogP contribution in [0.5, 0.6) is 0 Å². The van der Waals surface area contributed by atoms with Gasteiger partial charge in [0.1, 0.15) is 29.5 Å². The number of hydrogen-bond donors (Lipinski definition) is 1. The molecule has 2 aliphatic heterocycles. The van der Waals surface area contributed by atoms with E-state index in [2.05, 4.69) is 25.4 Å². The highest BCUT2D eigenvalue weighted by molar-refractivity contribution is 5.83. The summed E-state index contributed by atoms with van der Waals surface area (Å²) < 4.78 is 28.9. The first-order chi connectivity index (χ1) is 26.9. The van der Waals surface area contributed by atoms with Crippen molar-refractivity contribution in [1.82, 2.24) is 29.4 Å². The Hall–Kier alpha value is -6.12. The second-order valence-corrected chi connectivity index (χ2v) is 16.7. The largest absolute Gasteiger partial charge is 0.461 e. The summed E-state index contributed by atoms with van der Waals surface area (Å²) in [5.41, 5.74) is 1.19. The lowest BCUT2D eigenvalue weighted by atomic mass is 9.86. The molecule has 0 radical (unpaired) electrons. The molecule has 2 aromatic carbocycles. The molecule has 0 spiro atoms. The number of esters is 1. The van der Waals surface area contributed by atoms with Crippen LogP contribution in [0.2, 0.25) is 0 Å². The van der Waals surface area contributed by atoms with Crippen molar-refractivity contribution in [2.75, 3.05) is 23.3 Å². The second-order valence-electron chi connectivity index (χ2n) is 16.7. The van der Waals surface area contributed by atoms with E-state index in [1.54, 1.807) is 47.5 Å². The lowest BCUT2D eigenvalue weighted by Gasteiger charge is -2.42. The van der Waals surface area contributed by atoms with Gasteiger partial charge in [0.15, 0.2) is 0 Å². The number of rotatable bonds is 7. The van der Waals surface area contributed by atoms with Crippen LogP contribution in [-0.2, 0) is 33.3 Å². The quantitative estimate of drug-likeness (QED) is 0.183. The maximum atomic E-state index is 15.6. The third-order valence-corrected chi connectivity index (χ3v) is 10.3. The van der Waals surface area contributed by atoms with Crippen LogP contribution >= 0.6 is 0 Å². The number of fused-ring (bicyclic) bond motifs is 3. The summed E-state index contributed by atoms with van der Waals surface area (Å²) in [5.74, 6) is -0.801. The van der Waals surface area contributed by atoms with Crippen molar-refractivity contribution in [2.45, 2.75) is 91.0 Å². The first kappa shape index (κ1) is 39.1. The molecule has 1 amide bonds. The predicted octanol–water partition coefficient (Wildman–Crippen LogP) is 6.37. The fourth-order valence-electron chi connectivity index (χ4n) is 7.56. The molecule has 2 bridgehead atoms. The third kappa shape index (κ3) is 7.96. The van der Waals surface area contributed by atoms with Gasteiger partial charge in [0.2, 0.25) is 0 Å². The number of carbonyl (C=O) groups is 2. The predicted molar refractivity (Wildman–Crippen MR) is 215 cm³/mol. The molecule has 0 saturated carbocycles. The molecule has 1 N–H and O–H groups in total. The monoisotopic (exact) mass is 778 g/mol. The summed E-state index contributed by atoms with van der Waals surface area (Å²) in [7, 11) is 1.51. The Morgan fingerprint density at radius 3 is 2.30 bits per heavy atom. The Morgan fingerprint density at radius 1 is 0.947 bits per heavy atom. The van der Waals surface area contributed by atoms with Gasteiger partial charge in [-0.25, -0.2) is 18.9 Å². The number of ether oxygens (including phenoxy) is 2. The molecule has 15 heteroatoms. The number of nitrogens with zero attached hydrogens (tertiary/aromatic N) is 7. The average Bonchev–Trinajstić information content (AvgIpc) is 3.39. The molecule has 2 saturated heterocycles. The maximum absolute atomic E-state index is 15.6. The molecule has 2 aliphatic rings. The highest BCUT2D eigenvalue weighted by Crippen LogP contribution is 2.36. The van der Waals surface area contributed by atoms with Crippen molar-refractivity contribution in [2.24, 2.45) is 7.05 Å². The average molecular weight is 779 g/mol. The zero-order valence-electron chi connectivity index (χ0n) is 33.4. The molecule has 5 aromatic rings. The van der Waals surface area contributed by atoms with Crippen molar-refractivity contribution in [1.29, 1.82) is 0 Å². The first-order valence-corrected chi connectivity index (χ1v) is 18.9. The van der Waals surface area contributed by atoms with Crippen LogP contribution in [0.1, 0.15) is 72.4 Å². The second kappa shape index (κ2) is 14.8. The molecule has 57 heavy (non-hydrogen) atoms. The molecule has 5 heterocycles. The van der Waals surface area contributed by atoms with Gasteiger partial charge in [-0.05, 0) is 81.0 Å². The number of aryl methyl sites for hydroxylation is 1. The number of piperazine rings is 1. The van der Waals surface area contributed by atoms with Crippen molar-refractivity contribution >= 4 is 40.0 Å². The summed E-state index contributed by atoms with van der Waals surface area (Å²) in [6.07, 6.45) is 4.79. The number of likely N-dealkylation sites (tertiary alicyclic amines) is 1. The Kier molecular flexibility index (Phi) is 10.1. The van der Waals surface area contributed by atoms with E-state index in [0.29, 0.717) is 41.1 Å². The summed E-state index contributed by atoms with van der Waals surface area (Å²) in [4.78, 5) is 60.9. The Bertz CT molecular complexity index is 2490. The Morgan fingerprint density at radius 2 is 1.67 bits per heavy atom. The van der Waals surface area contributed by atoms with Crippen molar-refractivity contribution in [3.63, 3.8) is 0 Å². The topological polar surface area (TPSA) is 154 Å². The fraction of sp³-hybridized carbons (Fsp3) is 0.405. The van der Waals surface area contributed by atoms with Gasteiger partial charge in [-0.3, -0.25) is 14.4 Å². The Labute approximate surface area is 329 Å². The number of aromatic nitrogens is 5. The fourth-order valence-corrected chi connectivity index (χ4v) is 7.56. The number of anilines is 3. The number of hydrogen-bond acceptors (Lipinski definition) is 11. The van der Waals surface area contributed by atoms with Crippen LogP contribution in [-0.4, -0.2) is 72.3 Å². The van der Waals surface area contributed by atoms with Gasteiger partial charge in [-0.1, -0.05) is 32.9 Å². The van der Waals surface area contributed by atoms with Gasteiger partial charge < -0.3 is 24.6 Å². The smallest absolute Gasteiger partial charge is 0.410 e. The van der Waals surface area contributed by atoms with Gasteiger partial charge >= 0.3 is 12.1 Å². The van der Waals surface area contributed by atoms with Crippen molar-refractivity contribution in [3.8, 4) is 16.9 Å². The number of benzene rings is 2. The minimum atomic E-state index is -0.685. The van der Waals surface area contributed by atoms with Gasteiger partial charge in [0, 0.05) is 55.7 Å². The zero-order chi connectivity index (χ0) is 41.0. The normalized spacial score (nSPS) is 16.9. The van der Waals surface area contributed by atoms with E-state index < -0.39 is 28.5 Å². The van der Waals surface area contributed by atoms with Crippen LogP contribution in [0.3, 0.4) is 0 Å². The molecular weight excluding hydrogens is 732 g/mol. The van der Waals surface area contributed by atoms with E-state index in [1.807, 2.05) is 47.6 Å². The molecule has 2 unspecified atom stereocenters. The van der Waals surface area contributed by atoms with Crippen LogP contribution in [0.15, 0.2) is 70.5 Å². The van der Waals surface area contributed by atoms with E-state index in [0.717, 1.165) is 28.8 Å². The maximum Gasteiger partial charge on any atom is 0.410 e. The van der Waals surface area contributed by atoms with E-state index in [9.17, 15) is 19.2 Å². The number of amides is 1. The summed E-state index contributed by atoms with van der Waals surface area (Å²) in [6.45, 7) is 13.6. The molecule has 298 valence electrons. The minimum absolute atomic E-state index is 0.122. The molecule has 3 aromatic heterocycles. The van der Waals surface area contributed by atoms with E-state index >= 15 is 4.39 Å². The molecule has 7 rings (SSSR count). The highest BCUT2D eigenvalue weighted by atomic mass is 19.1. The molecule has 14 nitrogen and oxygen atoms in total. The number of carbonyl (C=O) groups excluding carboxylic acids is 2. The summed E-state index contributed by atoms with van der Waals surface area (Å²) >= 11 is 0. The molecule has 0 aliphatic carbocycles. The van der Waals surface area contributed by atoms with Crippen LogP contribution < -0.4 is 21.3 Å². The third-order valence-electron chi connectivity index (χ3n) is 10.3. The summed E-state index contributed by atoms with van der Waals surface area (Å²) in [5, 5.41) is 12.3. The number of nitrogens with one attached hydrogen (secondary N) is 1.